The number of rotatable bonds is 4. The Kier molecular flexibility index (Phi) is 3.87. The van der Waals surface area contributed by atoms with Crippen molar-refractivity contribution in [2.45, 2.75) is 0 Å². The van der Waals surface area contributed by atoms with Crippen LogP contribution in [0.1, 0.15) is 0 Å². The molecule has 3 aromatic rings. The zero-order chi connectivity index (χ0) is 15.4. The Morgan fingerprint density at radius 3 is 2.68 bits per heavy atom. The van der Waals surface area contributed by atoms with Crippen LogP contribution in [0.25, 0.3) is 11.3 Å². The Bertz CT molecular complexity index is 789. The molecule has 1 aromatic heterocycles. The van der Waals surface area contributed by atoms with Crippen molar-refractivity contribution in [3.05, 3.63) is 60.9 Å². The molecule has 3 N–H and O–H groups in total. The Morgan fingerprint density at radius 1 is 1.00 bits per heavy atom. The molecule has 0 spiro atoms. The van der Waals surface area contributed by atoms with E-state index < -0.39 is 0 Å². The molecule has 0 atom stereocenters. The van der Waals surface area contributed by atoms with Gasteiger partial charge in [0.25, 0.3) is 0 Å². The van der Waals surface area contributed by atoms with Crippen LogP contribution in [0, 0.1) is 0 Å². The van der Waals surface area contributed by atoms with Crippen LogP contribution in [0.4, 0.5) is 17.2 Å². The van der Waals surface area contributed by atoms with Crippen LogP contribution in [-0.4, -0.2) is 17.1 Å². The standard InChI is InChI=1S/C17H16N4O/c1-22-16-8-3-2-7-14(16)15-10-17(20-11-19-15)21-13-6-4-5-12(18)9-13/h2-11H,18H2,1H3,(H,19,20,21). The van der Waals surface area contributed by atoms with Crippen LogP contribution in [0.3, 0.4) is 0 Å². The Balaban J connectivity index is 1.93. The van der Waals surface area contributed by atoms with Gasteiger partial charge in [0.2, 0.25) is 0 Å². The Labute approximate surface area is 128 Å². The SMILES string of the molecule is COc1ccccc1-c1cc(Nc2cccc(N)c2)ncn1. The summed E-state index contributed by atoms with van der Waals surface area (Å²) in [7, 11) is 1.64. The number of aromatic nitrogens is 2. The van der Waals surface area contributed by atoms with E-state index in [2.05, 4.69) is 15.3 Å². The number of hydrogen-bond acceptors (Lipinski definition) is 5. The topological polar surface area (TPSA) is 73.1 Å². The zero-order valence-electron chi connectivity index (χ0n) is 12.2. The molecule has 0 amide bonds. The smallest absolute Gasteiger partial charge is 0.134 e. The van der Waals surface area contributed by atoms with Crippen LogP contribution >= 0.6 is 0 Å². The lowest BCUT2D eigenvalue weighted by Crippen LogP contribution is -1.97. The van der Waals surface area contributed by atoms with Gasteiger partial charge in [-0.25, -0.2) is 9.97 Å². The number of hydrogen-bond donors (Lipinski definition) is 2. The molecule has 22 heavy (non-hydrogen) atoms. The largest absolute Gasteiger partial charge is 0.496 e. The van der Waals surface area contributed by atoms with Crippen molar-refractivity contribution in [2.75, 3.05) is 18.2 Å². The monoisotopic (exact) mass is 292 g/mol. The van der Waals surface area contributed by atoms with Crippen LogP contribution in [0.15, 0.2) is 60.9 Å². The summed E-state index contributed by atoms with van der Waals surface area (Å²) in [6.45, 7) is 0. The normalized spacial score (nSPS) is 10.2. The van der Waals surface area contributed by atoms with Crippen molar-refractivity contribution >= 4 is 17.2 Å². The number of nitrogen functional groups attached to an aromatic ring is 1. The summed E-state index contributed by atoms with van der Waals surface area (Å²) in [5.41, 5.74) is 9.07. The van der Waals surface area contributed by atoms with Gasteiger partial charge in [0, 0.05) is 23.0 Å². The molecular formula is C17H16N4O. The second-order valence-electron chi connectivity index (χ2n) is 4.74. The number of methoxy groups -OCH3 is 1. The van der Waals surface area contributed by atoms with Crippen molar-refractivity contribution in [3.8, 4) is 17.0 Å². The summed E-state index contributed by atoms with van der Waals surface area (Å²) < 4.78 is 5.38. The van der Waals surface area contributed by atoms with Gasteiger partial charge >= 0.3 is 0 Å². The van der Waals surface area contributed by atoms with Gasteiger partial charge in [-0.05, 0) is 30.3 Å². The summed E-state index contributed by atoms with van der Waals surface area (Å²) in [6, 6.07) is 17.1. The highest BCUT2D eigenvalue weighted by Crippen LogP contribution is 2.29. The molecule has 0 bridgehead atoms. The van der Waals surface area contributed by atoms with E-state index >= 15 is 0 Å². The third-order valence-electron chi connectivity index (χ3n) is 3.21. The molecule has 0 saturated carbocycles. The molecule has 0 fully saturated rings. The van der Waals surface area contributed by atoms with E-state index in [-0.39, 0.29) is 0 Å². The first-order chi connectivity index (χ1) is 10.8. The first-order valence-corrected chi connectivity index (χ1v) is 6.84. The summed E-state index contributed by atoms with van der Waals surface area (Å²) in [5, 5.41) is 3.22. The van der Waals surface area contributed by atoms with E-state index in [4.69, 9.17) is 10.5 Å². The second kappa shape index (κ2) is 6.13. The van der Waals surface area contributed by atoms with Gasteiger partial charge in [-0.2, -0.15) is 0 Å². The molecular weight excluding hydrogens is 276 g/mol. The minimum Gasteiger partial charge on any atom is -0.496 e. The van der Waals surface area contributed by atoms with Crippen LogP contribution < -0.4 is 15.8 Å². The molecule has 5 nitrogen and oxygen atoms in total. The van der Waals surface area contributed by atoms with E-state index in [0.717, 1.165) is 22.7 Å². The zero-order valence-corrected chi connectivity index (χ0v) is 12.2. The van der Waals surface area contributed by atoms with E-state index in [9.17, 15) is 0 Å². The van der Waals surface area contributed by atoms with Crippen molar-refractivity contribution in [1.29, 1.82) is 0 Å². The summed E-state index contributed by atoms with van der Waals surface area (Å²) >= 11 is 0. The molecule has 0 radical (unpaired) electrons. The Hall–Kier alpha value is -3.08. The fourth-order valence-corrected chi connectivity index (χ4v) is 2.19. The number of ether oxygens (including phenoxy) is 1. The maximum absolute atomic E-state index is 5.78. The lowest BCUT2D eigenvalue weighted by Gasteiger charge is -2.10. The number of nitrogens with two attached hydrogens (primary N) is 1. The van der Waals surface area contributed by atoms with E-state index in [1.54, 1.807) is 7.11 Å². The number of anilines is 3. The molecule has 0 aliphatic carbocycles. The van der Waals surface area contributed by atoms with Gasteiger partial charge in [-0.3, -0.25) is 0 Å². The average molecular weight is 292 g/mol. The summed E-state index contributed by atoms with van der Waals surface area (Å²) in [5.74, 6) is 1.47. The summed E-state index contributed by atoms with van der Waals surface area (Å²) in [4.78, 5) is 8.56. The molecule has 2 aromatic carbocycles. The summed E-state index contributed by atoms with van der Waals surface area (Å²) in [6.07, 6.45) is 1.52. The second-order valence-corrected chi connectivity index (χ2v) is 4.74. The predicted molar refractivity (Wildman–Crippen MR) is 88.2 cm³/mol. The van der Waals surface area contributed by atoms with Gasteiger partial charge in [0.1, 0.15) is 17.9 Å². The molecule has 1 heterocycles. The first kappa shape index (κ1) is 13.9. The van der Waals surface area contributed by atoms with E-state index in [0.29, 0.717) is 11.5 Å². The quantitative estimate of drug-likeness (QED) is 0.720. The fraction of sp³-hybridized carbons (Fsp3) is 0.0588. The molecule has 110 valence electrons. The predicted octanol–water partition coefficient (Wildman–Crippen LogP) is 3.48. The van der Waals surface area contributed by atoms with Crippen LogP contribution in [-0.2, 0) is 0 Å². The first-order valence-electron chi connectivity index (χ1n) is 6.84. The highest BCUT2D eigenvalue weighted by atomic mass is 16.5. The number of benzene rings is 2. The fourth-order valence-electron chi connectivity index (χ4n) is 2.19. The van der Waals surface area contributed by atoms with Gasteiger partial charge in [-0.15, -0.1) is 0 Å². The maximum Gasteiger partial charge on any atom is 0.134 e. The van der Waals surface area contributed by atoms with Crippen molar-refractivity contribution < 1.29 is 4.74 Å². The van der Waals surface area contributed by atoms with Crippen LogP contribution in [0.2, 0.25) is 0 Å². The number of para-hydroxylation sites is 1. The third kappa shape index (κ3) is 2.98. The van der Waals surface area contributed by atoms with Gasteiger partial charge in [0.05, 0.1) is 12.8 Å². The van der Waals surface area contributed by atoms with E-state index in [1.165, 1.54) is 6.33 Å². The Morgan fingerprint density at radius 2 is 1.86 bits per heavy atom. The minimum absolute atomic E-state index is 0.696. The molecule has 0 unspecified atom stereocenters. The number of nitrogens with one attached hydrogen (secondary N) is 1. The minimum atomic E-state index is 0.696. The third-order valence-corrected chi connectivity index (χ3v) is 3.21. The lowest BCUT2D eigenvalue weighted by molar-refractivity contribution is 0.416. The lowest BCUT2D eigenvalue weighted by atomic mass is 10.1. The van der Waals surface area contributed by atoms with Gasteiger partial charge in [0.15, 0.2) is 0 Å². The highest BCUT2D eigenvalue weighted by Gasteiger charge is 2.07. The number of nitrogens with zero attached hydrogens (tertiary/aromatic N) is 2. The molecule has 0 aliphatic heterocycles. The molecule has 0 aliphatic rings. The van der Waals surface area contributed by atoms with Gasteiger partial charge < -0.3 is 15.8 Å². The van der Waals surface area contributed by atoms with Crippen LogP contribution in [0.5, 0.6) is 5.75 Å². The maximum atomic E-state index is 5.78. The molecule has 3 rings (SSSR count). The average Bonchev–Trinajstić information content (AvgIpc) is 2.55. The molecule has 0 saturated heterocycles. The van der Waals surface area contributed by atoms with Gasteiger partial charge in [-0.1, -0.05) is 18.2 Å². The van der Waals surface area contributed by atoms with Crippen molar-refractivity contribution in [3.63, 3.8) is 0 Å². The van der Waals surface area contributed by atoms with Crippen molar-refractivity contribution in [1.82, 2.24) is 9.97 Å². The highest BCUT2D eigenvalue weighted by molar-refractivity contribution is 5.70. The van der Waals surface area contributed by atoms with Crippen molar-refractivity contribution in [2.24, 2.45) is 0 Å². The van der Waals surface area contributed by atoms with E-state index in [1.807, 2.05) is 54.6 Å². The molecule has 5 heteroatoms.